The fourth-order valence-electron chi connectivity index (χ4n) is 3.54. The summed E-state index contributed by atoms with van der Waals surface area (Å²) in [6, 6.07) is 4.38. The molecule has 0 saturated carbocycles. The lowest BCUT2D eigenvalue weighted by molar-refractivity contribution is -0.129. The number of benzene rings is 1. The van der Waals surface area contributed by atoms with Gasteiger partial charge in [0.25, 0.3) is 0 Å². The standard InChI is InChI=1S/C18H27NO/c1-5-18(7-6-8-19-12-18)17(20)11-16-14(3)9-13(2)10-15(16)4/h9-10,19H,5-8,11-12H2,1-4H3. The van der Waals surface area contributed by atoms with Gasteiger partial charge in [-0.15, -0.1) is 0 Å². The predicted molar refractivity (Wildman–Crippen MR) is 84.2 cm³/mol. The van der Waals surface area contributed by atoms with Gasteiger partial charge in [0.15, 0.2) is 0 Å². The van der Waals surface area contributed by atoms with Gasteiger partial charge < -0.3 is 5.32 Å². The zero-order valence-corrected chi connectivity index (χ0v) is 13.3. The van der Waals surface area contributed by atoms with E-state index in [1.807, 2.05) is 0 Å². The average Bonchev–Trinajstić information content (AvgIpc) is 2.43. The van der Waals surface area contributed by atoms with Crippen LogP contribution in [0.2, 0.25) is 0 Å². The van der Waals surface area contributed by atoms with E-state index in [1.54, 1.807) is 0 Å². The van der Waals surface area contributed by atoms with Crippen LogP contribution in [0.5, 0.6) is 0 Å². The summed E-state index contributed by atoms with van der Waals surface area (Å²) in [5.41, 5.74) is 4.89. The number of hydrogen-bond donors (Lipinski definition) is 1. The number of ketones is 1. The second-order valence-electron chi connectivity index (χ2n) is 6.39. The summed E-state index contributed by atoms with van der Waals surface area (Å²) in [6.07, 6.45) is 3.70. The molecule has 0 aliphatic carbocycles. The maximum Gasteiger partial charge on any atom is 0.144 e. The van der Waals surface area contributed by atoms with E-state index >= 15 is 0 Å². The molecule has 1 aliphatic rings. The maximum atomic E-state index is 12.9. The van der Waals surface area contributed by atoms with Crippen molar-refractivity contribution in [3.63, 3.8) is 0 Å². The zero-order valence-electron chi connectivity index (χ0n) is 13.3. The van der Waals surface area contributed by atoms with Crippen LogP contribution < -0.4 is 5.32 Å². The third-order valence-electron chi connectivity index (χ3n) is 4.92. The van der Waals surface area contributed by atoms with Crippen molar-refractivity contribution in [3.8, 4) is 0 Å². The summed E-state index contributed by atoms with van der Waals surface area (Å²) >= 11 is 0. The third kappa shape index (κ3) is 2.95. The van der Waals surface area contributed by atoms with Gasteiger partial charge in [-0.05, 0) is 63.3 Å². The van der Waals surface area contributed by atoms with Crippen LogP contribution >= 0.6 is 0 Å². The molecule has 110 valence electrons. The maximum absolute atomic E-state index is 12.9. The van der Waals surface area contributed by atoms with E-state index in [4.69, 9.17) is 0 Å². The molecule has 1 atom stereocenters. The molecule has 1 unspecified atom stereocenters. The molecule has 0 aromatic heterocycles. The summed E-state index contributed by atoms with van der Waals surface area (Å²) in [5, 5.41) is 3.41. The Morgan fingerprint density at radius 1 is 1.25 bits per heavy atom. The van der Waals surface area contributed by atoms with Gasteiger partial charge in [0.05, 0.1) is 0 Å². The first-order valence-corrected chi connectivity index (χ1v) is 7.79. The Balaban J connectivity index is 2.23. The van der Waals surface area contributed by atoms with Crippen LogP contribution in [0.4, 0.5) is 0 Å². The highest BCUT2D eigenvalue weighted by molar-refractivity contribution is 5.87. The summed E-state index contributed by atoms with van der Waals surface area (Å²) in [4.78, 5) is 12.9. The van der Waals surface area contributed by atoms with Gasteiger partial charge in [0, 0.05) is 18.4 Å². The predicted octanol–water partition coefficient (Wildman–Crippen LogP) is 3.50. The highest BCUT2D eigenvalue weighted by Gasteiger charge is 2.37. The van der Waals surface area contributed by atoms with Crippen LogP contribution in [0.25, 0.3) is 0 Å². The lowest BCUT2D eigenvalue weighted by atomic mass is 9.72. The Morgan fingerprint density at radius 2 is 1.90 bits per heavy atom. The molecule has 0 spiro atoms. The van der Waals surface area contributed by atoms with Gasteiger partial charge in [-0.1, -0.05) is 24.6 Å². The number of piperidine rings is 1. The van der Waals surface area contributed by atoms with Crippen LogP contribution in [0.3, 0.4) is 0 Å². The van der Waals surface area contributed by atoms with Crippen LogP contribution in [0.15, 0.2) is 12.1 Å². The molecule has 0 amide bonds. The van der Waals surface area contributed by atoms with Gasteiger partial charge >= 0.3 is 0 Å². The van der Waals surface area contributed by atoms with Gasteiger partial charge in [0.2, 0.25) is 0 Å². The lowest BCUT2D eigenvalue weighted by Crippen LogP contribution is -2.45. The Hall–Kier alpha value is -1.15. The topological polar surface area (TPSA) is 29.1 Å². The van der Waals surface area contributed by atoms with Crippen molar-refractivity contribution in [1.29, 1.82) is 0 Å². The van der Waals surface area contributed by atoms with E-state index < -0.39 is 0 Å². The number of nitrogens with one attached hydrogen (secondary N) is 1. The molecule has 1 heterocycles. The molecule has 1 aromatic carbocycles. The fraction of sp³-hybridized carbons (Fsp3) is 0.611. The minimum absolute atomic E-state index is 0.137. The van der Waals surface area contributed by atoms with Gasteiger partial charge in [-0.3, -0.25) is 4.79 Å². The van der Waals surface area contributed by atoms with E-state index in [0.717, 1.165) is 32.4 Å². The third-order valence-corrected chi connectivity index (χ3v) is 4.92. The van der Waals surface area contributed by atoms with Crippen LogP contribution in [-0.2, 0) is 11.2 Å². The summed E-state index contributed by atoms with van der Waals surface area (Å²) in [7, 11) is 0. The lowest BCUT2D eigenvalue weighted by Gasteiger charge is -2.35. The molecule has 1 saturated heterocycles. The van der Waals surface area contributed by atoms with E-state index in [9.17, 15) is 4.79 Å². The van der Waals surface area contributed by atoms with Crippen LogP contribution in [0, 0.1) is 26.2 Å². The summed E-state index contributed by atoms with van der Waals surface area (Å²) < 4.78 is 0. The highest BCUT2D eigenvalue weighted by Crippen LogP contribution is 2.33. The Morgan fingerprint density at radius 3 is 2.40 bits per heavy atom. The monoisotopic (exact) mass is 273 g/mol. The molecule has 2 heteroatoms. The van der Waals surface area contributed by atoms with E-state index in [0.29, 0.717) is 12.2 Å². The largest absolute Gasteiger partial charge is 0.316 e. The SMILES string of the molecule is CCC1(C(=O)Cc2c(C)cc(C)cc2C)CCCNC1. The molecule has 0 bridgehead atoms. The number of hydrogen-bond acceptors (Lipinski definition) is 2. The van der Waals surface area contributed by atoms with Gasteiger partial charge in [-0.2, -0.15) is 0 Å². The highest BCUT2D eigenvalue weighted by atomic mass is 16.1. The molecular formula is C18H27NO. The summed E-state index contributed by atoms with van der Waals surface area (Å²) in [6.45, 7) is 10.4. The van der Waals surface area contributed by atoms with E-state index in [-0.39, 0.29) is 5.41 Å². The normalized spacial score (nSPS) is 22.8. The van der Waals surface area contributed by atoms with Gasteiger partial charge in [-0.25, -0.2) is 0 Å². The Labute approximate surface area is 123 Å². The van der Waals surface area contributed by atoms with Crippen molar-refractivity contribution in [2.75, 3.05) is 13.1 Å². The van der Waals surface area contributed by atoms with Gasteiger partial charge in [0.1, 0.15) is 5.78 Å². The second-order valence-corrected chi connectivity index (χ2v) is 6.39. The zero-order chi connectivity index (χ0) is 14.8. The number of carbonyl (C=O) groups is 1. The van der Waals surface area contributed by atoms with Crippen molar-refractivity contribution in [2.45, 2.75) is 53.4 Å². The molecule has 0 radical (unpaired) electrons. The molecular weight excluding hydrogens is 246 g/mol. The minimum Gasteiger partial charge on any atom is -0.316 e. The Bertz CT molecular complexity index is 475. The number of aryl methyl sites for hydroxylation is 3. The van der Waals surface area contributed by atoms with Crippen molar-refractivity contribution in [1.82, 2.24) is 5.32 Å². The quantitative estimate of drug-likeness (QED) is 0.909. The molecule has 2 nitrogen and oxygen atoms in total. The smallest absolute Gasteiger partial charge is 0.144 e. The molecule has 1 fully saturated rings. The van der Waals surface area contributed by atoms with Crippen molar-refractivity contribution in [3.05, 3.63) is 34.4 Å². The van der Waals surface area contributed by atoms with Crippen molar-refractivity contribution >= 4 is 5.78 Å². The molecule has 1 N–H and O–H groups in total. The van der Waals surface area contributed by atoms with Crippen LogP contribution in [-0.4, -0.2) is 18.9 Å². The van der Waals surface area contributed by atoms with Crippen molar-refractivity contribution < 1.29 is 4.79 Å². The fourth-order valence-corrected chi connectivity index (χ4v) is 3.54. The van der Waals surface area contributed by atoms with Crippen molar-refractivity contribution in [2.24, 2.45) is 5.41 Å². The van der Waals surface area contributed by atoms with E-state index in [2.05, 4.69) is 45.1 Å². The first kappa shape index (κ1) is 15.2. The summed E-state index contributed by atoms with van der Waals surface area (Å²) in [5.74, 6) is 0.419. The second kappa shape index (κ2) is 6.09. The first-order chi connectivity index (χ1) is 9.48. The minimum atomic E-state index is -0.137. The molecule has 1 aromatic rings. The Kier molecular flexibility index (Phi) is 4.64. The average molecular weight is 273 g/mol. The molecule has 1 aliphatic heterocycles. The molecule has 20 heavy (non-hydrogen) atoms. The number of carbonyl (C=O) groups excluding carboxylic acids is 1. The van der Waals surface area contributed by atoms with E-state index in [1.165, 1.54) is 22.3 Å². The number of rotatable bonds is 4. The van der Waals surface area contributed by atoms with Crippen LogP contribution in [0.1, 0.15) is 48.4 Å². The number of Topliss-reactive ketones (excluding diaryl/α,β-unsaturated/α-hetero) is 1. The molecule has 2 rings (SSSR count). The first-order valence-electron chi connectivity index (χ1n) is 7.79.